The number of likely N-dealkylation sites (tertiary alicyclic amines) is 1. The Labute approximate surface area is 220 Å². The molecular formula is C32H38FN3O. The molecule has 4 nitrogen and oxygen atoms in total. The van der Waals surface area contributed by atoms with E-state index in [1.165, 1.54) is 28.2 Å². The third-order valence-corrected chi connectivity index (χ3v) is 7.78. The molecule has 0 aliphatic carbocycles. The molecule has 3 aromatic carbocycles. The van der Waals surface area contributed by atoms with Crippen molar-refractivity contribution < 1.29 is 9.13 Å². The van der Waals surface area contributed by atoms with Crippen molar-refractivity contribution in [3.8, 4) is 5.75 Å². The van der Waals surface area contributed by atoms with E-state index in [1.807, 2.05) is 24.3 Å². The number of anilines is 1. The maximum absolute atomic E-state index is 13.6. The molecule has 0 atom stereocenters. The van der Waals surface area contributed by atoms with Crippen LogP contribution in [0.4, 0.5) is 10.1 Å². The van der Waals surface area contributed by atoms with Crippen molar-refractivity contribution in [1.29, 1.82) is 0 Å². The molecule has 1 N–H and O–H groups in total. The molecule has 0 unspecified atom stereocenters. The molecule has 0 bridgehead atoms. The van der Waals surface area contributed by atoms with Crippen LogP contribution >= 0.6 is 0 Å². The van der Waals surface area contributed by atoms with E-state index in [2.05, 4.69) is 58.4 Å². The van der Waals surface area contributed by atoms with Crippen molar-refractivity contribution in [2.24, 2.45) is 0 Å². The van der Waals surface area contributed by atoms with Crippen LogP contribution in [0.1, 0.15) is 42.9 Å². The average Bonchev–Trinajstić information content (AvgIpc) is 2.95. The van der Waals surface area contributed by atoms with E-state index >= 15 is 0 Å². The first-order valence-electron chi connectivity index (χ1n) is 13.6. The summed E-state index contributed by atoms with van der Waals surface area (Å²) in [5, 5.41) is 3.98. The van der Waals surface area contributed by atoms with Gasteiger partial charge in [0.05, 0.1) is 7.11 Å². The van der Waals surface area contributed by atoms with Gasteiger partial charge in [-0.25, -0.2) is 4.39 Å². The number of nitrogens with one attached hydrogen (secondary N) is 1. The lowest BCUT2D eigenvalue weighted by atomic mass is 9.95. The zero-order valence-corrected chi connectivity index (χ0v) is 22.1. The summed E-state index contributed by atoms with van der Waals surface area (Å²) in [6.07, 6.45) is 5.33. The predicted molar refractivity (Wildman–Crippen MR) is 149 cm³/mol. The zero-order chi connectivity index (χ0) is 25.6. The van der Waals surface area contributed by atoms with Crippen molar-refractivity contribution in [3.05, 3.63) is 107 Å². The minimum Gasteiger partial charge on any atom is -0.497 e. The minimum atomic E-state index is -0.190. The number of fused-ring (bicyclic) bond motifs is 1. The standard InChI is InChI=1S/C32H38FN3O/c1-3-26-22-27-6-4-5-7-31(27)36(23-25-8-12-28(33)13-9-25)32(26)34-29-17-20-35(21-18-29)19-16-24-10-14-30(37-2)15-11-24/h4-15,29,34H,3,16-23H2,1-2H3. The van der Waals surface area contributed by atoms with Crippen LogP contribution in [0.5, 0.6) is 5.75 Å². The third-order valence-electron chi connectivity index (χ3n) is 7.78. The Balaban J connectivity index is 1.25. The molecule has 0 radical (unpaired) electrons. The summed E-state index contributed by atoms with van der Waals surface area (Å²) < 4.78 is 18.9. The van der Waals surface area contributed by atoms with Gasteiger partial charge in [-0.15, -0.1) is 0 Å². The van der Waals surface area contributed by atoms with Crippen molar-refractivity contribution in [2.75, 3.05) is 31.6 Å². The van der Waals surface area contributed by atoms with Gasteiger partial charge in [0.25, 0.3) is 0 Å². The molecule has 5 rings (SSSR count). The molecule has 2 aliphatic heterocycles. The second-order valence-corrected chi connectivity index (χ2v) is 10.2. The summed E-state index contributed by atoms with van der Waals surface area (Å²) in [4.78, 5) is 5.00. The summed E-state index contributed by atoms with van der Waals surface area (Å²) in [7, 11) is 1.71. The van der Waals surface area contributed by atoms with Crippen LogP contribution < -0.4 is 15.0 Å². The van der Waals surface area contributed by atoms with Crippen LogP contribution in [-0.4, -0.2) is 37.7 Å². The van der Waals surface area contributed by atoms with Gasteiger partial charge in [-0.3, -0.25) is 0 Å². The first-order valence-corrected chi connectivity index (χ1v) is 13.6. The SMILES string of the molecule is CCC1=C(NC2CCN(CCc3ccc(OC)cc3)CC2)N(Cc2ccc(F)cc2)c2ccccc2C1. The maximum Gasteiger partial charge on any atom is 0.123 e. The molecular weight excluding hydrogens is 461 g/mol. The highest BCUT2D eigenvalue weighted by atomic mass is 19.1. The van der Waals surface area contributed by atoms with Crippen molar-refractivity contribution in [3.63, 3.8) is 0 Å². The Bertz CT molecular complexity index is 1200. The molecule has 0 amide bonds. The summed E-state index contributed by atoms with van der Waals surface area (Å²) in [5.41, 5.74) is 6.53. The van der Waals surface area contributed by atoms with E-state index in [-0.39, 0.29) is 5.82 Å². The molecule has 5 heteroatoms. The van der Waals surface area contributed by atoms with E-state index in [9.17, 15) is 4.39 Å². The first-order chi connectivity index (χ1) is 18.1. The molecule has 0 spiro atoms. The van der Waals surface area contributed by atoms with Crippen molar-refractivity contribution >= 4 is 5.69 Å². The van der Waals surface area contributed by atoms with Crippen LogP contribution in [0, 0.1) is 5.82 Å². The number of benzene rings is 3. The molecule has 1 fully saturated rings. The van der Waals surface area contributed by atoms with E-state index in [0.717, 1.165) is 69.6 Å². The second kappa shape index (κ2) is 11.8. The Morgan fingerprint density at radius 2 is 1.62 bits per heavy atom. The fourth-order valence-electron chi connectivity index (χ4n) is 5.53. The lowest BCUT2D eigenvalue weighted by Crippen LogP contribution is -2.46. The number of piperidine rings is 1. The van der Waals surface area contributed by atoms with Gasteiger partial charge in [-0.05, 0) is 84.7 Å². The number of para-hydroxylation sites is 1. The van der Waals surface area contributed by atoms with Gasteiger partial charge >= 0.3 is 0 Å². The molecule has 194 valence electrons. The van der Waals surface area contributed by atoms with Crippen LogP contribution in [0.25, 0.3) is 0 Å². The fourth-order valence-corrected chi connectivity index (χ4v) is 5.53. The topological polar surface area (TPSA) is 27.7 Å². The number of rotatable bonds is 9. The highest BCUT2D eigenvalue weighted by molar-refractivity contribution is 5.63. The Morgan fingerprint density at radius 1 is 0.919 bits per heavy atom. The van der Waals surface area contributed by atoms with Crippen LogP contribution in [0.15, 0.2) is 84.2 Å². The van der Waals surface area contributed by atoms with Gasteiger partial charge in [0.2, 0.25) is 0 Å². The van der Waals surface area contributed by atoms with Gasteiger partial charge in [0.15, 0.2) is 0 Å². The van der Waals surface area contributed by atoms with Crippen LogP contribution in [0.2, 0.25) is 0 Å². The summed E-state index contributed by atoms with van der Waals surface area (Å²) in [5.74, 6) is 1.97. The molecule has 37 heavy (non-hydrogen) atoms. The van der Waals surface area contributed by atoms with Gasteiger partial charge in [0, 0.05) is 37.9 Å². The maximum atomic E-state index is 13.6. The first kappa shape index (κ1) is 25.3. The lowest BCUT2D eigenvalue weighted by Gasteiger charge is -2.40. The Morgan fingerprint density at radius 3 is 2.32 bits per heavy atom. The predicted octanol–water partition coefficient (Wildman–Crippen LogP) is 6.32. The highest BCUT2D eigenvalue weighted by Crippen LogP contribution is 2.35. The summed E-state index contributed by atoms with van der Waals surface area (Å²) in [6.45, 7) is 6.28. The van der Waals surface area contributed by atoms with Crippen molar-refractivity contribution in [2.45, 2.75) is 51.6 Å². The lowest BCUT2D eigenvalue weighted by molar-refractivity contribution is 0.204. The van der Waals surface area contributed by atoms with Crippen LogP contribution in [0.3, 0.4) is 0 Å². The molecule has 0 saturated carbocycles. The molecule has 2 heterocycles. The largest absolute Gasteiger partial charge is 0.497 e. The van der Waals surface area contributed by atoms with Crippen LogP contribution in [-0.2, 0) is 19.4 Å². The number of halogens is 1. The quantitative estimate of drug-likeness (QED) is 0.373. The minimum absolute atomic E-state index is 0.190. The second-order valence-electron chi connectivity index (χ2n) is 10.2. The number of hydrogen-bond acceptors (Lipinski definition) is 4. The Hall–Kier alpha value is -3.31. The Kier molecular flexibility index (Phi) is 8.10. The normalized spacial score (nSPS) is 16.6. The molecule has 2 aliphatic rings. The van der Waals surface area contributed by atoms with Gasteiger partial charge in [0.1, 0.15) is 17.4 Å². The van der Waals surface area contributed by atoms with Gasteiger partial charge in [-0.2, -0.15) is 0 Å². The van der Waals surface area contributed by atoms with Gasteiger partial charge < -0.3 is 19.9 Å². The smallest absolute Gasteiger partial charge is 0.123 e. The fraction of sp³-hybridized carbons (Fsp3) is 0.375. The third kappa shape index (κ3) is 6.16. The molecule has 1 saturated heterocycles. The number of ether oxygens (including phenoxy) is 1. The highest BCUT2D eigenvalue weighted by Gasteiger charge is 2.28. The number of hydrogen-bond donors (Lipinski definition) is 1. The van der Waals surface area contributed by atoms with E-state index < -0.39 is 0 Å². The summed E-state index contributed by atoms with van der Waals surface area (Å²) >= 11 is 0. The molecule has 3 aromatic rings. The number of nitrogens with zero attached hydrogens (tertiary/aromatic N) is 2. The number of methoxy groups -OCH3 is 1. The van der Waals surface area contributed by atoms with E-state index in [4.69, 9.17) is 4.74 Å². The summed E-state index contributed by atoms with van der Waals surface area (Å²) in [6, 6.07) is 24.5. The molecule has 0 aromatic heterocycles. The monoisotopic (exact) mass is 499 g/mol. The number of allylic oxidation sites excluding steroid dienone is 1. The average molecular weight is 500 g/mol. The van der Waals surface area contributed by atoms with E-state index in [1.54, 1.807) is 19.2 Å². The zero-order valence-electron chi connectivity index (χ0n) is 22.1. The van der Waals surface area contributed by atoms with Crippen molar-refractivity contribution in [1.82, 2.24) is 10.2 Å². The van der Waals surface area contributed by atoms with Gasteiger partial charge in [-0.1, -0.05) is 49.4 Å². The van der Waals surface area contributed by atoms with E-state index in [0.29, 0.717) is 6.04 Å².